The lowest BCUT2D eigenvalue weighted by Crippen LogP contribution is -2.50. The van der Waals surface area contributed by atoms with E-state index in [0.717, 1.165) is 17.3 Å². The van der Waals surface area contributed by atoms with Crippen molar-refractivity contribution >= 4 is 27.7 Å². The first kappa shape index (κ1) is 14.8. The van der Waals surface area contributed by atoms with Crippen LogP contribution in [0.15, 0.2) is 22.7 Å². The molecule has 108 valence electrons. The van der Waals surface area contributed by atoms with Crippen molar-refractivity contribution in [2.45, 2.75) is 25.3 Å². The van der Waals surface area contributed by atoms with E-state index in [0.29, 0.717) is 24.3 Å². The zero-order chi connectivity index (χ0) is 14.7. The molecule has 1 aromatic rings. The number of hydrogen-bond acceptors (Lipinski definition) is 3. The molecule has 0 radical (unpaired) electrons. The van der Waals surface area contributed by atoms with E-state index in [1.807, 2.05) is 0 Å². The molecule has 0 bridgehead atoms. The molecule has 20 heavy (non-hydrogen) atoms. The molecular formula is C14H17BrN2O3. The standard InChI is InChI=1S/C14H17BrN2O3/c1-20-12-8-9(15)5-6-10(12)14(19)17-7-3-2-4-11(17)13(16)18/h5-6,8,11H,2-4,7H2,1H3,(H2,16,18). The Morgan fingerprint density at radius 1 is 1.40 bits per heavy atom. The van der Waals surface area contributed by atoms with Gasteiger partial charge in [0.05, 0.1) is 12.7 Å². The van der Waals surface area contributed by atoms with Gasteiger partial charge in [0.15, 0.2) is 0 Å². The molecule has 1 saturated heterocycles. The van der Waals surface area contributed by atoms with Crippen molar-refractivity contribution in [3.05, 3.63) is 28.2 Å². The summed E-state index contributed by atoms with van der Waals surface area (Å²) in [4.78, 5) is 25.7. The largest absolute Gasteiger partial charge is 0.496 e. The highest BCUT2D eigenvalue weighted by molar-refractivity contribution is 9.10. The van der Waals surface area contributed by atoms with Crippen LogP contribution in [0.3, 0.4) is 0 Å². The predicted octanol–water partition coefficient (Wildman–Crippen LogP) is 1.94. The average Bonchev–Trinajstić information content (AvgIpc) is 2.46. The minimum Gasteiger partial charge on any atom is -0.496 e. The van der Waals surface area contributed by atoms with E-state index < -0.39 is 11.9 Å². The van der Waals surface area contributed by atoms with Gasteiger partial charge < -0.3 is 15.4 Å². The number of carbonyl (C=O) groups excluding carboxylic acids is 2. The Bertz CT molecular complexity index is 533. The van der Waals surface area contributed by atoms with Crippen LogP contribution in [0.1, 0.15) is 29.6 Å². The van der Waals surface area contributed by atoms with Crippen molar-refractivity contribution in [2.75, 3.05) is 13.7 Å². The number of nitrogens with two attached hydrogens (primary N) is 1. The molecule has 1 aliphatic heterocycles. The highest BCUT2D eigenvalue weighted by atomic mass is 79.9. The minimum absolute atomic E-state index is 0.210. The van der Waals surface area contributed by atoms with Crippen molar-refractivity contribution in [3.63, 3.8) is 0 Å². The Kier molecular flexibility index (Phi) is 4.65. The third kappa shape index (κ3) is 2.95. The van der Waals surface area contributed by atoms with E-state index in [4.69, 9.17) is 10.5 Å². The van der Waals surface area contributed by atoms with Crippen LogP contribution in [-0.2, 0) is 4.79 Å². The van der Waals surface area contributed by atoms with Gasteiger partial charge in [0.1, 0.15) is 11.8 Å². The first-order valence-corrected chi connectivity index (χ1v) is 7.27. The van der Waals surface area contributed by atoms with E-state index in [1.165, 1.54) is 7.11 Å². The van der Waals surface area contributed by atoms with Crippen LogP contribution < -0.4 is 10.5 Å². The second-order valence-electron chi connectivity index (χ2n) is 4.76. The van der Waals surface area contributed by atoms with Crippen LogP contribution >= 0.6 is 15.9 Å². The lowest BCUT2D eigenvalue weighted by atomic mass is 10.00. The number of benzene rings is 1. The molecule has 6 heteroatoms. The molecule has 2 rings (SSSR count). The Balaban J connectivity index is 2.32. The molecule has 0 aliphatic carbocycles. The van der Waals surface area contributed by atoms with Crippen LogP contribution in [0, 0.1) is 0 Å². The average molecular weight is 341 g/mol. The van der Waals surface area contributed by atoms with E-state index >= 15 is 0 Å². The molecular weight excluding hydrogens is 324 g/mol. The van der Waals surface area contributed by atoms with Gasteiger partial charge in [-0.15, -0.1) is 0 Å². The molecule has 0 saturated carbocycles. The molecule has 1 aliphatic rings. The Labute approximate surface area is 126 Å². The fraction of sp³-hybridized carbons (Fsp3) is 0.429. The summed E-state index contributed by atoms with van der Waals surface area (Å²) in [6.07, 6.45) is 2.42. The summed E-state index contributed by atoms with van der Waals surface area (Å²) in [6.45, 7) is 0.547. The summed E-state index contributed by atoms with van der Waals surface area (Å²) < 4.78 is 6.07. The topological polar surface area (TPSA) is 72.6 Å². The highest BCUT2D eigenvalue weighted by Gasteiger charge is 2.32. The highest BCUT2D eigenvalue weighted by Crippen LogP contribution is 2.27. The summed E-state index contributed by atoms with van der Waals surface area (Å²) >= 11 is 3.34. The van der Waals surface area contributed by atoms with Crippen molar-refractivity contribution in [2.24, 2.45) is 5.73 Å². The first-order valence-electron chi connectivity index (χ1n) is 6.48. The monoisotopic (exact) mass is 340 g/mol. The summed E-state index contributed by atoms with van der Waals surface area (Å²) in [5.74, 6) is -0.176. The maximum absolute atomic E-state index is 12.6. The van der Waals surface area contributed by atoms with Gasteiger partial charge in [-0.3, -0.25) is 9.59 Å². The molecule has 1 heterocycles. The molecule has 5 nitrogen and oxygen atoms in total. The Morgan fingerprint density at radius 3 is 2.80 bits per heavy atom. The van der Waals surface area contributed by atoms with Gasteiger partial charge in [0.2, 0.25) is 5.91 Å². The normalized spacial score (nSPS) is 18.7. The van der Waals surface area contributed by atoms with E-state index in [9.17, 15) is 9.59 Å². The maximum atomic E-state index is 12.6. The molecule has 2 N–H and O–H groups in total. The Hall–Kier alpha value is -1.56. The van der Waals surface area contributed by atoms with Crippen molar-refractivity contribution in [1.29, 1.82) is 0 Å². The number of ether oxygens (including phenoxy) is 1. The molecule has 1 aromatic carbocycles. The van der Waals surface area contributed by atoms with Gasteiger partial charge >= 0.3 is 0 Å². The lowest BCUT2D eigenvalue weighted by Gasteiger charge is -2.34. The predicted molar refractivity (Wildman–Crippen MR) is 78.6 cm³/mol. The number of carbonyl (C=O) groups is 2. The third-order valence-electron chi connectivity index (χ3n) is 3.49. The third-order valence-corrected chi connectivity index (χ3v) is 3.98. The SMILES string of the molecule is COc1cc(Br)ccc1C(=O)N1CCCCC1C(N)=O. The van der Waals surface area contributed by atoms with E-state index in [1.54, 1.807) is 23.1 Å². The van der Waals surface area contributed by atoms with Gasteiger partial charge in [-0.1, -0.05) is 15.9 Å². The fourth-order valence-corrected chi connectivity index (χ4v) is 2.81. The Morgan fingerprint density at radius 2 is 2.15 bits per heavy atom. The van der Waals surface area contributed by atoms with Crippen LogP contribution in [0.5, 0.6) is 5.75 Å². The molecule has 1 fully saturated rings. The molecule has 1 unspecified atom stereocenters. The maximum Gasteiger partial charge on any atom is 0.258 e. The summed E-state index contributed by atoms with van der Waals surface area (Å²) in [6, 6.07) is 4.68. The number of halogens is 1. The van der Waals surface area contributed by atoms with Crippen LogP contribution in [0.25, 0.3) is 0 Å². The van der Waals surface area contributed by atoms with Crippen molar-refractivity contribution in [3.8, 4) is 5.75 Å². The fourth-order valence-electron chi connectivity index (χ4n) is 2.47. The number of piperidine rings is 1. The zero-order valence-electron chi connectivity index (χ0n) is 11.3. The van der Waals surface area contributed by atoms with Crippen LogP contribution in [0.4, 0.5) is 0 Å². The van der Waals surface area contributed by atoms with Gasteiger partial charge in [-0.2, -0.15) is 0 Å². The van der Waals surface area contributed by atoms with Crippen LogP contribution in [0.2, 0.25) is 0 Å². The summed E-state index contributed by atoms with van der Waals surface area (Å²) in [7, 11) is 1.51. The van der Waals surface area contributed by atoms with Gasteiger partial charge in [-0.25, -0.2) is 0 Å². The van der Waals surface area contributed by atoms with Crippen LogP contribution in [-0.4, -0.2) is 36.4 Å². The number of amides is 2. The smallest absolute Gasteiger partial charge is 0.258 e. The molecule has 0 aromatic heterocycles. The molecule has 2 amide bonds. The number of hydrogen-bond donors (Lipinski definition) is 1. The lowest BCUT2D eigenvalue weighted by molar-refractivity contribution is -0.123. The molecule has 0 spiro atoms. The number of rotatable bonds is 3. The number of methoxy groups -OCH3 is 1. The quantitative estimate of drug-likeness (QED) is 0.913. The number of primary amides is 1. The number of likely N-dealkylation sites (tertiary alicyclic amines) is 1. The van der Waals surface area contributed by atoms with E-state index in [-0.39, 0.29) is 5.91 Å². The first-order chi connectivity index (χ1) is 9.54. The van der Waals surface area contributed by atoms with E-state index in [2.05, 4.69) is 15.9 Å². The second kappa shape index (κ2) is 6.26. The second-order valence-corrected chi connectivity index (χ2v) is 5.67. The summed E-state index contributed by atoms with van der Waals surface area (Å²) in [5, 5.41) is 0. The van der Waals surface area contributed by atoms with Gasteiger partial charge in [0, 0.05) is 11.0 Å². The minimum atomic E-state index is -0.524. The van der Waals surface area contributed by atoms with Gasteiger partial charge in [0.25, 0.3) is 5.91 Å². The zero-order valence-corrected chi connectivity index (χ0v) is 12.9. The van der Waals surface area contributed by atoms with Gasteiger partial charge in [-0.05, 0) is 37.5 Å². The number of nitrogens with zero attached hydrogens (tertiary/aromatic N) is 1. The summed E-state index contributed by atoms with van der Waals surface area (Å²) in [5.41, 5.74) is 5.84. The van der Waals surface area contributed by atoms with Crippen molar-refractivity contribution in [1.82, 2.24) is 4.90 Å². The molecule has 1 atom stereocenters. The van der Waals surface area contributed by atoms with Crippen molar-refractivity contribution < 1.29 is 14.3 Å².